The highest BCUT2D eigenvalue weighted by molar-refractivity contribution is 8.00. The molecule has 0 aliphatic heterocycles. The summed E-state index contributed by atoms with van der Waals surface area (Å²) in [5.41, 5.74) is 0. The van der Waals surface area contributed by atoms with Crippen LogP contribution in [0.15, 0.2) is 21.8 Å². The van der Waals surface area contributed by atoms with Crippen molar-refractivity contribution >= 4 is 29.1 Å². The van der Waals surface area contributed by atoms with E-state index in [1.54, 1.807) is 0 Å². The number of aromatic nitrogens is 4. The molecule has 0 unspecified atom stereocenters. The standard InChI is InChI=1S/C10H10F3N5S2/c1-2-3-14-6-4-7(19-9-15-5-16-20-9)18-8(17-6)10(11,12)13/h4-5H,2-3H2,1H3,(H,14,17,18). The van der Waals surface area contributed by atoms with Crippen molar-refractivity contribution in [1.82, 2.24) is 19.3 Å². The van der Waals surface area contributed by atoms with Gasteiger partial charge in [-0.1, -0.05) is 6.92 Å². The zero-order valence-corrected chi connectivity index (χ0v) is 11.9. The maximum atomic E-state index is 12.8. The van der Waals surface area contributed by atoms with Gasteiger partial charge in [-0.25, -0.2) is 15.0 Å². The van der Waals surface area contributed by atoms with Crippen LogP contribution in [0.5, 0.6) is 0 Å². The number of nitrogens with zero attached hydrogens (tertiary/aromatic N) is 4. The fourth-order valence-electron chi connectivity index (χ4n) is 1.25. The summed E-state index contributed by atoms with van der Waals surface area (Å²) in [5, 5.41) is 3.01. The molecule has 0 radical (unpaired) electrons. The minimum Gasteiger partial charge on any atom is -0.370 e. The summed E-state index contributed by atoms with van der Waals surface area (Å²) in [6.45, 7) is 2.45. The molecular weight excluding hydrogens is 311 g/mol. The van der Waals surface area contributed by atoms with E-state index in [-0.39, 0.29) is 10.8 Å². The average Bonchev–Trinajstić information content (AvgIpc) is 2.88. The van der Waals surface area contributed by atoms with E-state index < -0.39 is 12.0 Å². The molecule has 0 amide bonds. The third kappa shape index (κ3) is 4.04. The van der Waals surface area contributed by atoms with Crippen molar-refractivity contribution < 1.29 is 13.2 Å². The van der Waals surface area contributed by atoms with Gasteiger partial charge in [-0.05, 0) is 29.7 Å². The Morgan fingerprint density at radius 2 is 2.15 bits per heavy atom. The number of hydrogen-bond donors (Lipinski definition) is 1. The van der Waals surface area contributed by atoms with Crippen LogP contribution in [-0.4, -0.2) is 25.9 Å². The molecule has 0 aliphatic rings. The Bertz CT molecular complexity index is 559. The van der Waals surface area contributed by atoms with Crippen molar-refractivity contribution in [3.05, 3.63) is 18.2 Å². The number of rotatable bonds is 5. The first-order valence-electron chi connectivity index (χ1n) is 5.63. The topological polar surface area (TPSA) is 63.6 Å². The van der Waals surface area contributed by atoms with Gasteiger partial charge in [-0.15, -0.1) is 0 Å². The van der Waals surface area contributed by atoms with Gasteiger partial charge >= 0.3 is 6.18 Å². The van der Waals surface area contributed by atoms with Gasteiger partial charge in [-0.2, -0.15) is 17.5 Å². The van der Waals surface area contributed by atoms with Gasteiger partial charge in [0.05, 0.1) is 0 Å². The van der Waals surface area contributed by atoms with Crippen molar-refractivity contribution in [2.24, 2.45) is 0 Å². The highest BCUT2D eigenvalue weighted by atomic mass is 32.2. The lowest BCUT2D eigenvalue weighted by atomic mass is 10.4. The van der Waals surface area contributed by atoms with E-state index in [2.05, 4.69) is 24.6 Å². The fraction of sp³-hybridized carbons (Fsp3) is 0.400. The quantitative estimate of drug-likeness (QED) is 0.852. The number of anilines is 1. The predicted octanol–water partition coefficient (Wildman–Crippen LogP) is 3.32. The summed E-state index contributed by atoms with van der Waals surface area (Å²) in [7, 11) is 0. The van der Waals surface area contributed by atoms with Crippen LogP contribution >= 0.6 is 23.3 Å². The van der Waals surface area contributed by atoms with Crippen molar-refractivity contribution in [3.63, 3.8) is 0 Å². The van der Waals surface area contributed by atoms with E-state index in [1.807, 2.05) is 6.92 Å². The van der Waals surface area contributed by atoms with Crippen LogP contribution in [0, 0.1) is 0 Å². The minimum atomic E-state index is -4.58. The molecule has 2 aromatic heterocycles. The van der Waals surface area contributed by atoms with E-state index in [0.717, 1.165) is 29.7 Å². The first kappa shape index (κ1) is 15.0. The lowest BCUT2D eigenvalue weighted by Crippen LogP contribution is -2.14. The average molecular weight is 321 g/mol. The van der Waals surface area contributed by atoms with E-state index >= 15 is 0 Å². The van der Waals surface area contributed by atoms with Crippen LogP contribution < -0.4 is 5.32 Å². The van der Waals surface area contributed by atoms with Crippen LogP contribution in [-0.2, 0) is 6.18 Å². The zero-order chi connectivity index (χ0) is 14.6. The molecule has 2 rings (SSSR count). The summed E-state index contributed by atoms with van der Waals surface area (Å²) < 4.78 is 42.6. The monoisotopic (exact) mass is 321 g/mol. The van der Waals surface area contributed by atoms with Gasteiger partial charge < -0.3 is 5.32 Å². The Kier molecular flexibility index (Phi) is 4.76. The molecule has 0 saturated carbocycles. The van der Waals surface area contributed by atoms with E-state index in [4.69, 9.17) is 0 Å². The van der Waals surface area contributed by atoms with Crippen molar-refractivity contribution in [3.8, 4) is 0 Å². The van der Waals surface area contributed by atoms with Crippen LogP contribution in [0.3, 0.4) is 0 Å². The molecule has 2 heterocycles. The van der Waals surface area contributed by atoms with Crippen LogP contribution in [0.2, 0.25) is 0 Å². The molecular formula is C10H10F3N5S2. The van der Waals surface area contributed by atoms with Gasteiger partial charge in [0.1, 0.15) is 17.2 Å². The van der Waals surface area contributed by atoms with Crippen molar-refractivity contribution in [2.45, 2.75) is 28.9 Å². The lowest BCUT2D eigenvalue weighted by Gasteiger charge is -2.10. The predicted molar refractivity (Wildman–Crippen MR) is 69.8 cm³/mol. The Morgan fingerprint density at radius 3 is 2.75 bits per heavy atom. The highest BCUT2D eigenvalue weighted by Gasteiger charge is 2.35. The summed E-state index contributed by atoms with van der Waals surface area (Å²) in [4.78, 5) is 10.9. The largest absolute Gasteiger partial charge is 0.451 e. The third-order valence-corrected chi connectivity index (χ3v) is 3.68. The maximum absolute atomic E-state index is 12.8. The Hall–Kier alpha value is -1.42. The van der Waals surface area contributed by atoms with Crippen LogP contribution in [0.25, 0.3) is 0 Å². The number of nitrogens with one attached hydrogen (secondary N) is 1. The molecule has 0 saturated heterocycles. The fourth-order valence-corrected chi connectivity index (χ4v) is 2.64. The van der Waals surface area contributed by atoms with Crippen molar-refractivity contribution in [2.75, 3.05) is 11.9 Å². The lowest BCUT2D eigenvalue weighted by molar-refractivity contribution is -0.145. The summed E-state index contributed by atoms with van der Waals surface area (Å²) in [6, 6.07) is 1.47. The SMILES string of the molecule is CCCNc1cc(Sc2ncns2)nc(C(F)(F)F)n1. The van der Waals surface area contributed by atoms with Gasteiger partial charge in [0.2, 0.25) is 5.82 Å². The molecule has 5 nitrogen and oxygen atoms in total. The Morgan fingerprint density at radius 1 is 1.35 bits per heavy atom. The minimum absolute atomic E-state index is 0.154. The van der Waals surface area contributed by atoms with Gasteiger partial charge in [0.25, 0.3) is 0 Å². The van der Waals surface area contributed by atoms with Crippen molar-refractivity contribution in [1.29, 1.82) is 0 Å². The Balaban J connectivity index is 2.29. The first-order chi connectivity index (χ1) is 9.49. The van der Waals surface area contributed by atoms with Crippen LogP contribution in [0.4, 0.5) is 19.0 Å². The summed E-state index contributed by atoms with van der Waals surface area (Å²) in [5.74, 6) is -1.01. The Labute approximate surface area is 121 Å². The summed E-state index contributed by atoms with van der Waals surface area (Å²) >= 11 is 2.12. The molecule has 10 heteroatoms. The molecule has 0 aliphatic carbocycles. The molecule has 0 bridgehead atoms. The van der Waals surface area contributed by atoms with Gasteiger partial charge in [0.15, 0.2) is 4.34 Å². The first-order valence-corrected chi connectivity index (χ1v) is 7.22. The summed E-state index contributed by atoms with van der Waals surface area (Å²) in [6.07, 6.45) is -2.46. The highest BCUT2D eigenvalue weighted by Crippen LogP contribution is 2.32. The molecule has 0 fully saturated rings. The molecule has 0 aromatic carbocycles. The maximum Gasteiger partial charge on any atom is 0.451 e. The van der Waals surface area contributed by atoms with Gasteiger partial charge in [-0.3, -0.25) is 0 Å². The zero-order valence-electron chi connectivity index (χ0n) is 10.3. The molecule has 1 N–H and O–H groups in total. The second kappa shape index (κ2) is 6.35. The van der Waals surface area contributed by atoms with Crippen LogP contribution in [0.1, 0.15) is 19.2 Å². The number of alkyl halides is 3. The normalized spacial score (nSPS) is 11.6. The molecule has 2 aromatic rings. The number of halogens is 3. The van der Waals surface area contributed by atoms with E-state index in [0.29, 0.717) is 10.9 Å². The molecule has 20 heavy (non-hydrogen) atoms. The second-order valence-electron chi connectivity index (χ2n) is 3.65. The number of hydrogen-bond acceptors (Lipinski definition) is 7. The van der Waals surface area contributed by atoms with Gasteiger partial charge in [0, 0.05) is 12.6 Å². The molecule has 108 valence electrons. The second-order valence-corrected chi connectivity index (χ2v) is 5.70. The molecule has 0 atom stereocenters. The van der Waals surface area contributed by atoms with E-state index in [9.17, 15) is 13.2 Å². The molecule has 0 spiro atoms. The third-order valence-electron chi connectivity index (χ3n) is 2.05. The van der Waals surface area contributed by atoms with E-state index in [1.165, 1.54) is 12.4 Å². The smallest absolute Gasteiger partial charge is 0.370 e.